The van der Waals surface area contributed by atoms with Crippen molar-refractivity contribution in [3.63, 3.8) is 0 Å². The third-order valence-corrected chi connectivity index (χ3v) is 3.90. The highest BCUT2D eigenvalue weighted by molar-refractivity contribution is 5.87. The zero-order chi connectivity index (χ0) is 14.7. The average molecular weight is 274 g/mol. The minimum absolute atomic E-state index is 0.0226. The van der Waals surface area contributed by atoms with Gasteiger partial charge in [0.05, 0.1) is 6.04 Å². The van der Waals surface area contributed by atoms with Crippen molar-refractivity contribution >= 4 is 11.8 Å². The van der Waals surface area contributed by atoms with E-state index in [2.05, 4.69) is 5.32 Å². The quantitative estimate of drug-likeness (QED) is 0.918. The van der Waals surface area contributed by atoms with Gasteiger partial charge in [0, 0.05) is 13.5 Å². The van der Waals surface area contributed by atoms with Gasteiger partial charge in [-0.25, -0.2) is 0 Å². The number of hydrogen-bond acceptors (Lipinski definition) is 2. The Balaban J connectivity index is 2.00. The van der Waals surface area contributed by atoms with Gasteiger partial charge in [0.25, 0.3) is 0 Å². The van der Waals surface area contributed by atoms with Gasteiger partial charge in [0.2, 0.25) is 11.8 Å². The van der Waals surface area contributed by atoms with E-state index in [1.807, 2.05) is 38.1 Å². The molecule has 108 valence electrons. The first-order valence-corrected chi connectivity index (χ1v) is 7.13. The molecule has 1 aliphatic rings. The minimum Gasteiger partial charge on any atom is -0.348 e. The van der Waals surface area contributed by atoms with Crippen molar-refractivity contribution in [3.8, 4) is 0 Å². The summed E-state index contributed by atoms with van der Waals surface area (Å²) in [6.45, 7) is 6.22. The molecule has 1 aromatic rings. The van der Waals surface area contributed by atoms with Crippen molar-refractivity contribution in [2.24, 2.45) is 0 Å². The highest BCUT2D eigenvalue weighted by atomic mass is 16.2. The maximum Gasteiger partial charge on any atom is 0.243 e. The van der Waals surface area contributed by atoms with E-state index in [1.54, 1.807) is 4.90 Å². The second-order valence-electron chi connectivity index (χ2n) is 5.51. The standard InChI is InChI=1S/C16H22N2O2/c1-11-6-8-14(9-7-11)12(2)17-16(20)15-5-4-10-18(15)13(3)19/h6-9,12,15H,4-5,10H2,1-3H3,(H,17,20). The van der Waals surface area contributed by atoms with E-state index < -0.39 is 0 Å². The summed E-state index contributed by atoms with van der Waals surface area (Å²) in [5, 5.41) is 3.01. The predicted molar refractivity (Wildman–Crippen MR) is 78.1 cm³/mol. The molecule has 2 unspecified atom stereocenters. The van der Waals surface area contributed by atoms with Crippen LogP contribution in [0.25, 0.3) is 0 Å². The molecule has 4 heteroatoms. The SMILES string of the molecule is CC(=O)N1CCCC1C(=O)NC(C)c1ccc(C)cc1. The molecule has 0 aliphatic carbocycles. The summed E-state index contributed by atoms with van der Waals surface area (Å²) in [5.74, 6) is -0.0728. The fraction of sp³-hybridized carbons (Fsp3) is 0.500. The molecule has 1 heterocycles. The second-order valence-corrected chi connectivity index (χ2v) is 5.51. The van der Waals surface area contributed by atoms with Crippen LogP contribution in [0.5, 0.6) is 0 Å². The molecule has 0 radical (unpaired) electrons. The van der Waals surface area contributed by atoms with Gasteiger partial charge in [-0.2, -0.15) is 0 Å². The van der Waals surface area contributed by atoms with Crippen LogP contribution in [0.2, 0.25) is 0 Å². The smallest absolute Gasteiger partial charge is 0.243 e. The molecule has 2 amide bonds. The molecule has 1 N–H and O–H groups in total. The van der Waals surface area contributed by atoms with Crippen LogP contribution in [0, 0.1) is 6.92 Å². The second kappa shape index (κ2) is 6.07. The first-order valence-electron chi connectivity index (χ1n) is 7.13. The lowest BCUT2D eigenvalue weighted by Crippen LogP contribution is -2.45. The Bertz CT molecular complexity index is 496. The van der Waals surface area contributed by atoms with Gasteiger partial charge in [0.1, 0.15) is 6.04 Å². The van der Waals surface area contributed by atoms with Crippen molar-refractivity contribution in [3.05, 3.63) is 35.4 Å². The molecular weight excluding hydrogens is 252 g/mol. The van der Waals surface area contributed by atoms with Crippen molar-refractivity contribution < 1.29 is 9.59 Å². The summed E-state index contributed by atoms with van der Waals surface area (Å²) in [6.07, 6.45) is 1.66. The van der Waals surface area contributed by atoms with Crippen LogP contribution < -0.4 is 5.32 Å². The molecule has 2 atom stereocenters. The van der Waals surface area contributed by atoms with Crippen LogP contribution in [0.4, 0.5) is 0 Å². The van der Waals surface area contributed by atoms with Crippen LogP contribution >= 0.6 is 0 Å². The topological polar surface area (TPSA) is 49.4 Å². The first-order chi connectivity index (χ1) is 9.49. The first kappa shape index (κ1) is 14.6. The number of nitrogens with zero attached hydrogens (tertiary/aromatic N) is 1. The van der Waals surface area contributed by atoms with Gasteiger partial charge in [-0.15, -0.1) is 0 Å². The van der Waals surface area contributed by atoms with Crippen LogP contribution in [-0.4, -0.2) is 29.3 Å². The summed E-state index contributed by atoms with van der Waals surface area (Å²) in [5.41, 5.74) is 2.28. The Morgan fingerprint density at radius 1 is 1.30 bits per heavy atom. The van der Waals surface area contributed by atoms with E-state index >= 15 is 0 Å². The highest BCUT2D eigenvalue weighted by Gasteiger charge is 2.32. The molecule has 20 heavy (non-hydrogen) atoms. The maximum absolute atomic E-state index is 12.3. The lowest BCUT2D eigenvalue weighted by atomic mass is 10.1. The third kappa shape index (κ3) is 3.18. The molecule has 1 aromatic carbocycles. The zero-order valence-corrected chi connectivity index (χ0v) is 12.3. The number of amides is 2. The number of rotatable bonds is 3. The van der Waals surface area contributed by atoms with E-state index in [0.717, 1.165) is 18.4 Å². The molecule has 0 bridgehead atoms. The fourth-order valence-corrected chi connectivity index (χ4v) is 2.66. The molecule has 0 saturated carbocycles. The zero-order valence-electron chi connectivity index (χ0n) is 12.3. The molecule has 0 aromatic heterocycles. The molecule has 1 fully saturated rings. The normalized spacial score (nSPS) is 19.8. The summed E-state index contributed by atoms with van der Waals surface area (Å²) in [4.78, 5) is 25.5. The number of carbonyl (C=O) groups is 2. The van der Waals surface area contributed by atoms with E-state index in [-0.39, 0.29) is 23.9 Å². The van der Waals surface area contributed by atoms with E-state index in [1.165, 1.54) is 12.5 Å². The summed E-state index contributed by atoms with van der Waals surface area (Å²) in [6, 6.07) is 7.78. The van der Waals surface area contributed by atoms with Gasteiger partial charge >= 0.3 is 0 Å². The van der Waals surface area contributed by atoms with Crippen molar-refractivity contribution in [1.29, 1.82) is 0 Å². The van der Waals surface area contributed by atoms with Crippen molar-refractivity contribution in [2.75, 3.05) is 6.54 Å². The maximum atomic E-state index is 12.3. The number of aryl methyl sites for hydroxylation is 1. The monoisotopic (exact) mass is 274 g/mol. The number of hydrogen-bond donors (Lipinski definition) is 1. The molecule has 1 aliphatic heterocycles. The highest BCUT2D eigenvalue weighted by Crippen LogP contribution is 2.19. The number of nitrogens with one attached hydrogen (secondary N) is 1. The van der Waals surface area contributed by atoms with Gasteiger partial charge in [-0.3, -0.25) is 9.59 Å². The summed E-state index contributed by atoms with van der Waals surface area (Å²) in [7, 11) is 0. The molecule has 1 saturated heterocycles. The summed E-state index contributed by atoms with van der Waals surface area (Å²) < 4.78 is 0. The molecule has 2 rings (SSSR count). The summed E-state index contributed by atoms with van der Waals surface area (Å²) >= 11 is 0. The Morgan fingerprint density at radius 2 is 1.95 bits per heavy atom. The Labute approximate surface area is 120 Å². The van der Waals surface area contributed by atoms with E-state index in [4.69, 9.17) is 0 Å². The Hall–Kier alpha value is -1.84. The lowest BCUT2D eigenvalue weighted by molar-refractivity contribution is -0.137. The van der Waals surface area contributed by atoms with Crippen LogP contribution in [0.15, 0.2) is 24.3 Å². The van der Waals surface area contributed by atoms with Crippen LogP contribution in [0.1, 0.15) is 43.9 Å². The fourth-order valence-electron chi connectivity index (χ4n) is 2.66. The lowest BCUT2D eigenvalue weighted by Gasteiger charge is -2.24. The predicted octanol–water partition coefficient (Wildman–Crippen LogP) is 2.18. The number of carbonyl (C=O) groups excluding carboxylic acids is 2. The van der Waals surface area contributed by atoms with E-state index in [9.17, 15) is 9.59 Å². The average Bonchev–Trinajstić information content (AvgIpc) is 2.88. The largest absolute Gasteiger partial charge is 0.348 e. The van der Waals surface area contributed by atoms with Crippen molar-refractivity contribution in [1.82, 2.24) is 10.2 Å². The van der Waals surface area contributed by atoms with Gasteiger partial charge in [0.15, 0.2) is 0 Å². The molecule has 4 nitrogen and oxygen atoms in total. The van der Waals surface area contributed by atoms with E-state index in [0.29, 0.717) is 6.54 Å². The van der Waals surface area contributed by atoms with Gasteiger partial charge < -0.3 is 10.2 Å². The van der Waals surface area contributed by atoms with Crippen LogP contribution in [0.3, 0.4) is 0 Å². The minimum atomic E-state index is -0.305. The van der Waals surface area contributed by atoms with Gasteiger partial charge in [-0.1, -0.05) is 29.8 Å². The number of benzene rings is 1. The van der Waals surface area contributed by atoms with Crippen molar-refractivity contribution in [2.45, 2.75) is 45.7 Å². The molecule has 0 spiro atoms. The number of likely N-dealkylation sites (tertiary alicyclic amines) is 1. The Kier molecular flexibility index (Phi) is 4.42. The Morgan fingerprint density at radius 3 is 2.55 bits per heavy atom. The van der Waals surface area contributed by atoms with Gasteiger partial charge in [-0.05, 0) is 32.3 Å². The third-order valence-electron chi connectivity index (χ3n) is 3.90. The van der Waals surface area contributed by atoms with Crippen LogP contribution in [-0.2, 0) is 9.59 Å². The molecular formula is C16H22N2O2.